The average Bonchev–Trinajstić information content (AvgIpc) is 3.74. The number of carbonyl (C=O) groups excluding carboxylic acids is 2. The molecule has 2 aromatic heterocycles. The Morgan fingerprint density at radius 3 is 2.66 bits per heavy atom. The Morgan fingerprint density at radius 1 is 1.20 bits per heavy atom. The molecule has 3 atom stereocenters. The fourth-order valence-corrected chi connectivity index (χ4v) is 5.41. The molecule has 0 spiro atoms. The van der Waals surface area contributed by atoms with Gasteiger partial charge in [-0.05, 0) is 67.1 Å². The zero-order chi connectivity index (χ0) is 29.2. The number of nitrogens with zero attached hydrogens (tertiary/aromatic N) is 3. The van der Waals surface area contributed by atoms with Crippen molar-refractivity contribution in [1.29, 1.82) is 0 Å². The van der Waals surface area contributed by atoms with Crippen LogP contribution in [0.5, 0.6) is 0 Å². The fourth-order valence-electron chi connectivity index (χ4n) is 5.30. The first kappa shape index (κ1) is 28.9. The van der Waals surface area contributed by atoms with Crippen LogP contribution >= 0.6 is 11.6 Å². The molecular formula is C30H34ClFN6O3. The topological polar surface area (TPSA) is 133 Å². The molecule has 41 heavy (non-hydrogen) atoms. The number of anilines is 2. The molecule has 2 unspecified atom stereocenters. The molecule has 5 rings (SSSR count). The average molecular weight is 581 g/mol. The minimum Gasteiger partial charge on any atom is -0.388 e. The van der Waals surface area contributed by atoms with Crippen molar-refractivity contribution in [1.82, 2.24) is 14.9 Å². The number of halogens is 2. The molecule has 1 aromatic carbocycles. The summed E-state index contributed by atoms with van der Waals surface area (Å²) in [4.78, 5) is 36.5. The number of pyridine rings is 2. The molecule has 1 saturated carbocycles. The SMILES string of the molecule is CCC1(O)C[C@H](C(=O)Nc2cc(C(N)(CCC3CC3)c3ccccn3)ccc2F)N(C(=O)Nc2ccc(Cl)cn2)C1. The molecule has 9 nitrogen and oxygen atoms in total. The largest absolute Gasteiger partial charge is 0.388 e. The number of nitrogens with one attached hydrogen (secondary N) is 2. The summed E-state index contributed by atoms with van der Waals surface area (Å²) in [6.45, 7) is 1.70. The van der Waals surface area contributed by atoms with E-state index in [9.17, 15) is 14.7 Å². The normalized spacial score (nSPS) is 21.8. The zero-order valence-electron chi connectivity index (χ0n) is 22.8. The molecule has 1 aliphatic heterocycles. The highest BCUT2D eigenvalue weighted by molar-refractivity contribution is 6.30. The van der Waals surface area contributed by atoms with E-state index in [1.54, 1.807) is 25.3 Å². The van der Waals surface area contributed by atoms with Crippen molar-refractivity contribution in [2.45, 2.75) is 62.6 Å². The van der Waals surface area contributed by atoms with Gasteiger partial charge in [0.15, 0.2) is 0 Å². The van der Waals surface area contributed by atoms with Crippen LogP contribution in [-0.2, 0) is 10.3 Å². The van der Waals surface area contributed by atoms with Crippen molar-refractivity contribution in [2.75, 3.05) is 17.2 Å². The van der Waals surface area contributed by atoms with E-state index in [-0.39, 0.29) is 24.5 Å². The maximum atomic E-state index is 15.1. The number of urea groups is 1. The lowest BCUT2D eigenvalue weighted by molar-refractivity contribution is -0.119. The predicted octanol–water partition coefficient (Wildman–Crippen LogP) is 5.05. The Bertz CT molecular complexity index is 1410. The number of β-amino-alcohol motifs (C(OH)–C–C–N with tert-alkyl or cyclic N) is 1. The van der Waals surface area contributed by atoms with Crippen LogP contribution in [0.4, 0.5) is 20.7 Å². The second-order valence-corrected chi connectivity index (χ2v) is 11.5. The van der Waals surface area contributed by atoms with E-state index in [1.165, 1.54) is 42.1 Å². The second-order valence-electron chi connectivity index (χ2n) is 11.1. The number of likely N-dealkylation sites (tertiary alicyclic amines) is 1. The van der Waals surface area contributed by atoms with Gasteiger partial charge in [-0.15, -0.1) is 0 Å². The number of amides is 3. The van der Waals surface area contributed by atoms with Crippen molar-refractivity contribution in [3.05, 3.63) is 83.0 Å². The van der Waals surface area contributed by atoms with Crippen molar-refractivity contribution in [3.63, 3.8) is 0 Å². The number of carbonyl (C=O) groups is 2. The molecule has 0 bridgehead atoms. The van der Waals surface area contributed by atoms with Crippen LogP contribution < -0.4 is 16.4 Å². The van der Waals surface area contributed by atoms with Crippen LogP contribution in [0.3, 0.4) is 0 Å². The maximum Gasteiger partial charge on any atom is 0.323 e. The number of aliphatic hydroxyl groups is 1. The third kappa shape index (κ3) is 6.50. The number of aromatic nitrogens is 2. The van der Waals surface area contributed by atoms with E-state index in [0.29, 0.717) is 35.0 Å². The minimum atomic E-state index is -1.28. The molecule has 1 saturated heterocycles. The van der Waals surface area contributed by atoms with Gasteiger partial charge in [-0.1, -0.05) is 43.5 Å². The van der Waals surface area contributed by atoms with Gasteiger partial charge in [-0.25, -0.2) is 14.2 Å². The third-order valence-corrected chi connectivity index (χ3v) is 8.33. The number of nitrogens with two attached hydrogens (primary N) is 1. The Balaban J connectivity index is 1.39. The minimum absolute atomic E-state index is 0.00569. The standard InChI is InChI=1S/C30H34ClFN6O3/c1-2-29(41)16-24(38(18-29)28(40)37-26-11-9-21(31)17-35-26)27(39)36-23-15-20(8-10-22(23)32)30(33,13-12-19-6-7-19)25-5-3-4-14-34-25/h3-5,8-11,14-15,17,19,24,41H,2,6-7,12-13,16,18,33H2,1H3,(H,36,39)(H,35,37,40)/t24-,29?,30?/m1/s1. The molecular weight excluding hydrogens is 547 g/mol. The summed E-state index contributed by atoms with van der Waals surface area (Å²) in [6.07, 6.45) is 7.26. The van der Waals surface area contributed by atoms with Gasteiger partial charge in [0.25, 0.3) is 0 Å². The highest BCUT2D eigenvalue weighted by Crippen LogP contribution is 2.40. The lowest BCUT2D eigenvalue weighted by Gasteiger charge is -2.30. The molecule has 2 fully saturated rings. The van der Waals surface area contributed by atoms with Gasteiger partial charge in [0.1, 0.15) is 17.7 Å². The molecule has 0 radical (unpaired) electrons. The number of rotatable bonds is 9. The van der Waals surface area contributed by atoms with E-state index in [1.807, 2.05) is 18.2 Å². The van der Waals surface area contributed by atoms with Crippen LogP contribution in [0.2, 0.25) is 5.02 Å². The van der Waals surface area contributed by atoms with Crippen LogP contribution in [0.15, 0.2) is 60.9 Å². The van der Waals surface area contributed by atoms with Crippen LogP contribution in [-0.4, -0.2) is 50.1 Å². The first-order valence-electron chi connectivity index (χ1n) is 13.8. The predicted molar refractivity (Wildman–Crippen MR) is 155 cm³/mol. The summed E-state index contributed by atoms with van der Waals surface area (Å²) in [5.41, 5.74) is 5.94. The molecule has 5 N–H and O–H groups in total. The Hall–Kier alpha value is -3.60. The molecule has 3 heterocycles. The van der Waals surface area contributed by atoms with E-state index >= 15 is 4.39 Å². The first-order chi connectivity index (χ1) is 19.6. The molecule has 3 amide bonds. The van der Waals surface area contributed by atoms with Gasteiger partial charge in [0, 0.05) is 18.8 Å². The Morgan fingerprint density at radius 2 is 2.00 bits per heavy atom. The lowest BCUT2D eigenvalue weighted by Crippen LogP contribution is -2.45. The smallest absolute Gasteiger partial charge is 0.323 e. The van der Waals surface area contributed by atoms with Gasteiger partial charge in [-0.2, -0.15) is 0 Å². The summed E-state index contributed by atoms with van der Waals surface area (Å²) >= 11 is 5.88. The Labute approximate surface area is 243 Å². The number of hydrogen-bond acceptors (Lipinski definition) is 6. The molecule has 1 aliphatic carbocycles. The first-order valence-corrected chi connectivity index (χ1v) is 14.2. The molecule has 11 heteroatoms. The summed E-state index contributed by atoms with van der Waals surface area (Å²) < 4.78 is 15.1. The van der Waals surface area contributed by atoms with Gasteiger partial charge in [0.2, 0.25) is 5.91 Å². The van der Waals surface area contributed by atoms with E-state index in [2.05, 4.69) is 20.6 Å². The Kier molecular flexibility index (Phi) is 8.26. The maximum absolute atomic E-state index is 15.1. The summed E-state index contributed by atoms with van der Waals surface area (Å²) in [6, 6.07) is 11.4. The van der Waals surface area contributed by atoms with Crippen molar-refractivity contribution < 1.29 is 19.1 Å². The van der Waals surface area contributed by atoms with Gasteiger partial charge >= 0.3 is 6.03 Å². The highest BCUT2D eigenvalue weighted by atomic mass is 35.5. The van der Waals surface area contributed by atoms with Crippen molar-refractivity contribution >= 4 is 35.0 Å². The van der Waals surface area contributed by atoms with Crippen LogP contribution in [0.1, 0.15) is 56.7 Å². The fraction of sp³-hybridized carbons (Fsp3) is 0.400. The quantitative estimate of drug-likeness (QED) is 0.280. The van der Waals surface area contributed by atoms with E-state index in [0.717, 1.165) is 6.42 Å². The van der Waals surface area contributed by atoms with Gasteiger partial charge in [-0.3, -0.25) is 15.1 Å². The molecule has 2 aliphatic rings. The van der Waals surface area contributed by atoms with Crippen molar-refractivity contribution in [3.8, 4) is 0 Å². The van der Waals surface area contributed by atoms with Gasteiger partial charge in [0.05, 0.1) is 34.1 Å². The number of benzene rings is 1. The summed E-state index contributed by atoms with van der Waals surface area (Å²) in [7, 11) is 0. The molecule has 3 aromatic rings. The lowest BCUT2D eigenvalue weighted by atomic mass is 9.82. The molecule has 216 valence electrons. The van der Waals surface area contributed by atoms with Crippen molar-refractivity contribution in [2.24, 2.45) is 11.7 Å². The van der Waals surface area contributed by atoms with Crippen LogP contribution in [0.25, 0.3) is 0 Å². The van der Waals surface area contributed by atoms with E-state index < -0.39 is 34.9 Å². The van der Waals surface area contributed by atoms with E-state index in [4.69, 9.17) is 17.3 Å². The third-order valence-electron chi connectivity index (χ3n) is 8.10. The van der Waals surface area contributed by atoms with Gasteiger partial charge < -0.3 is 21.1 Å². The number of hydrogen-bond donors (Lipinski definition) is 4. The highest BCUT2D eigenvalue weighted by Gasteiger charge is 2.47. The second kappa shape index (κ2) is 11.7. The van der Waals surface area contributed by atoms with Crippen LogP contribution in [0, 0.1) is 11.7 Å². The summed E-state index contributed by atoms with van der Waals surface area (Å²) in [5.74, 6) is -0.397. The zero-order valence-corrected chi connectivity index (χ0v) is 23.6. The monoisotopic (exact) mass is 580 g/mol. The summed E-state index contributed by atoms with van der Waals surface area (Å²) in [5, 5.41) is 16.7.